The number of Topliss-reactive ketones (excluding diaryl/α,β-unsaturated/α-hetero) is 1. The highest BCUT2D eigenvalue weighted by Crippen LogP contribution is 2.50. The second kappa shape index (κ2) is 14.8. The number of ketones is 1. The lowest BCUT2D eigenvalue weighted by Crippen LogP contribution is -2.40. The molecule has 0 saturated carbocycles. The second-order valence-electron chi connectivity index (χ2n) is 12.4. The molecule has 0 N–H and O–H groups in total. The molecule has 232 valence electrons. The number of unbranched alkanes of at least 4 members (excludes halogenated alkanes) is 1. The van der Waals surface area contributed by atoms with Crippen LogP contribution in [0, 0.1) is 5.41 Å². The monoisotopic (exact) mass is 590 g/mol. The van der Waals surface area contributed by atoms with Gasteiger partial charge < -0.3 is 28.4 Å². The third-order valence-corrected chi connectivity index (χ3v) is 8.20. The molecule has 0 saturated heterocycles. The molecule has 0 bridgehead atoms. The molecule has 0 fully saturated rings. The van der Waals surface area contributed by atoms with Gasteiger partial charge in [-0.05, 0) is 66.3 Å². The van der Waals surface area contributed by atoms with Gasteiger partial charge in [-0.25, -0.2) is 0 Å². The van der Waals surface area contributed by atoms with E-state index in [2.05, 4.69) is 37.3 Å². The fourth-order valence-electron chi connectivity index (χ4n) is 5.43. The van der Waals surface area contributed by atoms with Crippen LogP contribution in [0.4, 0.5) is 0 Å². The summed E-state index contributed by atoms with van der Waals surface area (Å²) < 4.78 is 33.5. The summed E-state index contributed by atoms with van der Waals surface area (Å²) in [6.07, 6.45) is 4.12. The fourth-order valence-corrected chi connectivity index (χ4v) is 5.43. The first-order valence-electron chi connectivity index (χ1n) is 15.0. The molecule has 0 aromatic heterocycles. The van der Waals surface area contributed by atoms with Gasteiger partial charge in [0.2, 0.25) is 0 Å². The Labute approximate surface area is 256 Å². The van der Waals surface area contributed by atoms with Crippen molar-refractivity contribution in [2.45, 2.75) is 64.7 Å². The minimum atomic E-state index is -0.400. The van der Waals surface area contributed by atoms with Crippen LogP contribution in [0.25, 0.3) is 0 Å². The molecule has 2 unspecified atom stereocenters. The maximum atomic E-state index is 12.2. The summed E-state index contributed by atoms with van der Waals surface area (Å²) in [5, 5.41) is 0. The standard InChI is InChI=1S/C36H46O7/c1-35(2,3)34(37)22-40-28-15-11-26(12-16-28)9-7-8-10-32-31-20-19-30(43-25-39-6)21-33(31)41-23-36(32,4)27-13-17-29(18-14-27)42-24-38-5/h11-21,32H,7-10,22-25H2,1-6H3. The smallest absolute Gasteiger partial charge is 0.188 e. The number of hydrogen-bond acceptors (Lipinski definition) is 7. The zero-order valence-electron chi connectivity index (χ0n) is 26.4. The van der Waals surface area contributed by atoms with Crippen LogP contribution >= 0.6 is 0 Å². The minimum absolute atomic E-state index is 0.0901. The predicted octanol–water partition coefficient (Wildman–Crippen LogP) is 7.49. The van der Waals surface area contributed by atoms with Gasteiger partial charge in [-0.2, -0.15) is 0 Å². The molecule has 1 aliphatic rings. The summed E-state index contributed by atoms with van der Waals surface area (Å²) in [4.78, 5) is 12.2. The van der Waals surface area contributed by atoms with Crippen LogP contribution in [-0.4, -0.2) is 46.8 Å². The topological polar surface area (TPSA) is 72.5 Å². The van der Waals surface area contributed by atoms with E-state index in [4.69, 9.17) is 28.4 Å². The van der Waals surface area contributed by atoms with Gasteiger partial charge in [0.25, 0.3) is 0 Å². The predicted molar refractivity (Wildman–Crippen MR) is 167 cm³/mol. The van der Waals surface area contributed by atoms with Crippen LogP contribution in [0.3, 0.4) is 0 Å². The normalized spacial score (nSPS) is 18.0. The van der Waals surface area contributed by atoms with Crippen molar-refractivity contribution in [3.8, 4) is 23.0 Å². The second-order valence-corrected chi connectivity index (χ2v) is 12.4. The molecular formula is C36H46O7. The van der Waals surface area contributed by atoms with Gasteiger partial charge in [-0.1, -0.05) is 64.4 Å². The molecule has 3 aromatic carbocycles. The van der Waals surface area contributed by atoms with Gasteiger partial charge >= 0.3 is 0 Å². The number of methoxy groups -OCH3 is 2. The van der Waals surface area contributed by atoms with Crippen LogP contribution in [0.2, 0.25) is 0 Å². The third kappa shape index (κ3) is 8.52. The zero-order chi connectivity index (χ0) is 30.9. The van der Waals surface area contributed by atoms with Gasteiger partial charge in [0.1, 0.15) is 29.6 Å². The van der Waals surface area contributed by atoms with Crippen LogP contribution < -0.4 is 18.9 Å². The van der Waals surface area contributed by atoms with E-state index in [-0.39, 0.29) is 37.3 Å². The number of carbonyl (C=O) groups is 1. The number of benzene rings is 3. The number of fused-ring (bicyclic) bond motifs is 1. The summed E-state index contributed by atoms with van der Waals surface area (Å²) in [5.74, 6) is 3.46. The van der Waals surface area contributed by atoms with Crippen LogP contribution in [0.1, 0.15) is 69.6 Å². The fraction of sp³-hybridized carbons (Fsp3) is 0.472. The van der Waals surface area contributed by atoms with E-state index in [0.29, 0.717) is 6.61 Å². The van der Waals surface area contributed by atoms with E-state index < -0.39 is 5.41 Å². The number of rotatable bonds is 15. The summed E-state index contributed by atoms with van der Waals surface area (Å²) in [5.41, 5.74) is 3.06. The van der Waals surface area contributed by atoms with Crippen LogP contribution in [0.15, 0.2) is 66.7 Å². The molecule has 3 aromatic rings. The Morgan fingerprint density at radius 3 is 2.09 bits per heavy atom. The van der Waals surface area contributed by atoms with Crippen LogP contribution in [0.5, 0.6) is 23.0 Å². The van der Waals surface area contributed by atoms with E-state index in [0.717, 1.165) is 48.7 Å². The van der Waals surface area contributed by atoms with Gasteiger partial charge in [-0.15, -0.1) is 0 Å². The zero-order valence-corrected chi connectivity index (χ0v) is 26.4. The Balaban J connectivity index is 1.43. The average Bonchev–Trinajstić information content (AvgIpc) is 3.01. The Morgan fingerprint density at radius 2 is 1.44 bits per heavy atom. The molecule has 1 aliphatic heterocycles. The van der Waals surface area contributed by atoms with E-state index in [1.165, 1.54) is 16.7 Å². The Hall–Kier alpha value is -3.55. The molecular weight excluding hydrogens is 544 g/mol. The lowest BCUT2D eigenvalue weighted by molar-refractivity contribution is -0.128. The molecule has 7 nitrogen and oxygen atoms in total. The number of aryl methyl sites for hydroxylation is 1. The van der Waals surface area contributed by atoms with E-state index in [9.17, 15) is 4.79 Å². The molecule has 43 heavy (non-hydrogen) atoms. The summed E-state index contributed by atoms with van der Waals surface area (Å²) >= 11 is 0. The van der Waals surface area contributed by atoms with E-state index >= 15 is 0 Å². The number of hydrogen-bond donors (Lipinski definition) is 0. The largest absolute Gasteiger partial charge is 0.492 e. The molecule has 0 radical (unpaired) electrons. The highest BCUT2D eigenvalue weighted by Gasteiger charge is 2.42. The molecule has 1 heterocycles. The lowest BCUT2D eigenvalue weighted by atomic mass is 9.66. The maximum absolute atomic E-state index is 12.2. The number of carbonyl (C=O) groups excluding carboxylic acids is 1. The Morgan fingerprint density at radius 1 is 0.837 bits per heavy atom. The van der Waals surface area contributed by atoms with Crippen molar-refractivity contribution in [1.29, 1.82) is 0 Å². The van der Waals surface area contributed by atoms with Crippen molar-refractivity contribution in [1.82, 2.24) is 0 Å². The first-order chi connectivity index (χ1) is 20.6. The molecule has 0 spiro atoms. The molecule has 0 aliphatic carbocycles. The highest BCUT2D eigenvalue weighted by atomic mass is 16.7. The van der Waals surface area contributed by atoms with Crippen molar-refractivity contribution in [2.75, 3.05) is 41.0 Å². The van der Waals surface area contributed by atoms with Crippen molar-refractivity contribution in [3.63, 3.8) is 0 Å². The minimum Gasteiger partial charge on any atom is -0.492 e. The van der Waals surface area contributed by atoms with E-state index in [1.807, 2.05) is 57.2 Å². The van der Waals surface area contributed by atoms with Crippen molar-refractivity contribution in [3.05, 3.63) is 83.4 Å². The first-order valence-corrected chi connectivity index (χ1v) is 15.0. The first kappa shape index (κ1) is 32.4. The average molecular weight is 591 g/mol. The third-order valence-electron chi connectivity index (χ3n) is 8.20. The van der Waals surface area contributed by atoms with Crippen molar-refractivity contribution >= 4 is 5.78 Å². The summed E-state index contributed by atoms with van der Waals surface area (Å²) in [7, 11) is 3.23. The SMILES string of the molecule is COCOc1ccc(C2(C)COc3cc(OCOC)ccc3C2CCCCc2ccc(OCC(=O)C(C)(C)C)cc2)cc1. The quantitative estimate of drug-likeness (QED) is 0.134. The Kier molecular flexibility index (Phi) is 11.1. The maximum Gasteiger partial charge on any atom is 0.188 e. The molecule has 0 amide bonds. The summed E-state index contributed by atoms with van der Waals surface area (Å²) in [6, 6.07) is 22.5. The highest BCUT2D eigenvalue weighted by molar-refractivity contribution is 5.85. The van der Waals surface area contributed by atoms with Gasteiger partial charge in [-0.3, -0.25) is 4.79 Å². The van der Waals surface area contributed by atoms with Gasteiger partial charge in [0, 0.05) is 37.0 Å². The van der Waals surface area contributed by atoms with E-state index in [1.54, 1.807) is 14.2 Å². The number of ether oxygens (including phenoxy) is 6. The molecule has 4 rings (SSSR count). The lowest BCUT2D eigenvalue weighted by Gasteiger charge is -2.43. The van der Waals surface area contributed by atoms with Crippen LogP contribution in [-0.2, 0) is 26.1 Å². The van der Waals surface area contributed by atoms with Gasteiger partial charge in [0.05, 0.1) is 6.61 Å². The van der Waals surface area contributed by atoms with Crippen molar-refractivity contribution < 1.29 is 33.2 Å². The molecule has 7 heteroatoms. The van der Waals surface area contributed by atoms with Crippen molar-refractivity contribution in [2.24, 2.45) is 5.41 Å². The van der Waals surface area contributed by atoms with Gasteiger partial charge in [0.15, 0.2) is 19.4 Å². The molecule has 2 atom stereocenters. The Bertz CT molecular complexity index is 1310. The summed E-state index contributed by atoms with van der Waals surface area (Å²) in [6.45, 7) is 9.10.